The van der Waals surface area contributed by atoms with Crippen molar-refractivity contribution in [1.82, 2.24) is 20.2 Å². The molecule has 160 valence electrons. The summed E-state index contributed by atoms with van der Waals surface area (Å²) in [4.78, 5) is 16.1. The molecule has 8 heteroatoms. The number of hydrogen-bond acceptors (Lipinski definition) is 6. The van der Waals surface area contributed by atoms with Crippen LogP contribution >= 0.6 is 0 Å². The van der Waals surface area contributed by atoms with Crippen molar-refractivity contribution < 1.29 is 14.3 Å². The van der Waals surface area contributed by atoms with E-state index in [9.17, 15) is 4.79 Å². The molecule has 1 heterocycles. The Morgan fingerprint density at radius 3 is 2.47 bits per heavy atom. The van der Waals surface area contributed by atoms with E-state index in [4.69, 9.17) is 9.47 Å². The summed E-state index contributed by atoms with van der Waals surface area (Å²) >= 11 is 0. The van der Waals surface area contributed by atoms with Crippen LogP contribution in [0.3, 0.4) is 0 Å². The fourth-order valence-corrected chi connectivity index (χ4v) is 2.81. The average molecular weight is 427 g/mol. The van der Waals surface area contributed by atoms with Crippen molar-refractivity contribution in [2.75, 3.05) is 6.61 Å². The van der Waals surface area contributed by atoms with Gasteiger partial charge in [-0.15, -0.1) is 5.10 Å². The quantitative estimate of drug-likeness (QED) is 0.327. The Bertz CT molecular complexity index is 1180. The van der Waals surface area contributed by atoms with E-state index in [0.717, 1.165) is 16.8 Å². The maximum atomic E-state index is 12.0. The molecule has 0 saturated heterocycles. The number of nitrogens with one attached hydrogen (secondary N) is 1. The molecule has 0 bridgehead atoms. The first-order valence-corrected chi connectivity index (χ1v) is 9.95. The lowest BCUT2D eigenvalue weighted by atomic mass is 10.2. The number of nitrogens with zero attached hydrogens (tertiary/aromatic N) is 4. The second-order valence-electron chi connectivity index (χ2n) is 6.70. The second-order valence-corrected chi connectivity index (χ2v) is 6.70. The number of ether oxygens (including phenoxy) is 2. The van der Waals surface area contributed by atoms with E-state index in [1.807, 2.05) is 84.9 Å². The van der Waals surface area contributed by atoms with Crippen LogP contribution < -0.4 is 14.9 Å². The van der Waals surface area contributed by atoms with Crippen LogP contribution in [-0.4, -0.2) is 33.5 Å². The standard InChI is InChI=1S/C24H21N5O3/c30-23(17-32-24-25-18-29(28-24)21-12-5-2-6-13-21)27-26-15-20-11-7-8-14-22(20)31-16-19-9-3-1-4-10-19/h1-15,18H,16-17H2,(H,27,30). The third kappa shape index (κ3) is 5.79. The number of para-hydroxylation sites is 2. The van der Waals surface area contributed by atoms with Crippen LogP contribution in [0.1, 0.15) is 11.1 Å². The third-order valence-corrected chi connectivity index (χ3v) is 4.37. The molecule has 4 rings (SSSR count). The monoisotopic (exact) mass is 427 g/mol. The molecule has 0 aliphatic heterocycles. The van der Waals surface area contributed by atoms with Crippen LogP contribution in [0.5, 0.6) is 11.8 Å². The molecule has 0 aliphatic rings. The van der Waals surface area contributed by atoms with Gasteiger partial charge in [-0.05, 0) is 29.8 Å². The Balaban J connectivity index is 1.27. The molecule has 0 saturated carbocycles. The summed E-state index contributed by atoms with van der Waals surface area (Å²) in [7, 11) is 0. The maximum absolute atomic E-state index is 12.0. The fraction of sp³-hybridized carbons (Fsp3) is 0.0833. The molecule has 0 atom stereocenters. The number of carbonyl (C=O) groups is 1. The van der Waals surface area contributed by atoms with Crippen LogP contribution in [0, 0.1) is 0 Å². The van der Waals surface area contributed by atoms with E-state index in [1.54, 1.807) is 4.68 Å². The summed E-state index contributed by atoms with van der Waals surface area (Å²) in [5.74, 6) is 0.237. The predicted octanol–water partition coefficient (Wildman–Crippen LogP) is 3.38. The summed E-state index contributed by atoms with van der Waals surface area (Å²) in [6, 6.07) is 26.9. The van der Waals surface area contributed by atoms with Crippen molar-refractivity contribution in [2.24, 2.45) is 5.10 Å². The molecule has 8 nitrogen and oxygen atoms in total. The van der Waals surface area contributed by atoms with Crippen molar-refractivity contribution in [3.8, 4) is 17.4 Å². The highest BCUT2D eigenvalue weighted by atomic mass is 16.5. The summed E-state index contributed by atoms with van der Waals surface area (Å²) in [6.07, 6.45) is 3.05. The first kappa shape index (κ1) is 20.8. The molecule has 1 N–H and O–H groups in total. The van der Waals surface area contributed by atoms with Gasteiger partial charge in [0.25, 0.3) is 5.91 Å². The minimum Gasteiger partial charge on any atom is -0.488 e. The van der Waals surface area contributed by atoms with Crippen molar-refractivity contribution in [1.29, 1.82) is 0 Å². The van der Waals surface area contributed by atoms with Crippen LogP contribution in [0.25, 0.3) is 5.69 Å². The first-order chi connectivity index (χ1) is 15.8. The zero-order chi connectivity index (χ0) is 22.0. The lowest BCUT2D eigenvalue weighted by Crippen LogP contribution is -2.25. The Morgan fingerprint density at radius 2 is 1.66 bits per heavy atom. The molecule has 3 aromatic carbocycles. The summed E-state index contributed by atoms with van der Waals surface area (Å²) in [6.45, 7) is 0.177. The molecule has 1 aromatic heterocycles. The smallest absolute Gasteiger partial charge is 0.336 e. The van der Waals surface area contributed by atoms with Crippen molar-refractivity contribution >= 4 is 12.1 Å². The van der Waals surface area contributed by atoms with E-state index in [0.29, 0.717) is 12.4 Å². The summed E-state index contributed by atoms with van der Waals surface area (Å²) in [5.41, 5.74) is 5.08. The molecular formula is C24H21N5O3. The van der Waals surface area contributed by atoms with E-state index >= 15 is 0 Å². The lowest BCUT2D eigenvalue weighted by Gasteiger charge is -2.09. The minimum absolute atomic E-state index is 0.104. The largest absolute Gasteiger partial charge is 0.488 e. The van der Waals surface area contributed by atoms with Crippen LogP contribution in [-0.2, 0) is 11.4 Å². The number of hydrazone groups is 1. The fourth-order valence-electron chi connectivity index (χ4n) is 2.81. The number of benzene rings is 3. The van der Waals surface area contributed by atoms with Crippen LogP contribution in [0.15, 0.2) is 96.4 Å². The number of carbonyl (C=O) groups excluding carboxylic acids is 1. The van der Waals surface area contributed by atoms with Gasteiger partial charge in [-0.1, -0.05) is 60.7 Å². The molecule has 0 aliphatic carbocycles. The second kappa shape index (κ2) is 10.5. The SMILES string of the molecule is O=C(COc1ncn(-c2ccccc2)n1)NN=Cc1ccccc1OCc1ccccc1. The maximum Gasteiger partial charge on any atom is 0.336 e. The number of aromatic nitrogens is 3. The van der Waals surface area contributed by atoms with Crippen molar-refractivity contribution in [2.45, 2.75) is 6.61 Å². The molecule has 32 heavy (non-hydrogen) atoms. The van der Waals surface area contributed by atoms with Gasteiger partial charge in [0.15, 0.2) is 6.61 Å². The van der Waals surface area contributed by atoms with Gasteiger partial charge in [-0.2, -0.15) is 10.1 Å². The van der Waals surface area contributed by atoms with E-state index < -0.39 is 5.91 Å². The normalized spacial score (nSPS) is 10.8. The highest BCUT2D eigenvalue weighted by Gasteiger charge is 2.07. The molecule has 0 unspecified atom stereocenters. The Hall–Kier alpha value is -4.46. The van der Waals surface area contributed by atoms with Crippen molar-refractivity contribution in [3.05, 3.63) is 102 Å². The number of amides is 1. The Labute approximate surface area is 185 Å². The Morgan fingerprint density at radius 1 is 0.938 bits per heavy atom. The van der Waals surface area contributed by atoms with E-state index in [2.05, 4.69) is 20.6 Å². The lowest BCUT2D eigenvalue weighted by molar-refractivity contribution is -0.123. The van der Waals surface area contributed by atoms with Gasteiger partial charge in [0.1, 0.15) is 18.7 Å². The zero-order valence-electron chi connectivity index (χ0n) is 17.2. The molecular weight excluding hydrogens is 406 g/mol. The molecule has 0 spiro atoms. The number of rotatable bonds is 9. The topological polar surface area (TPSA) is 90.6 Å². The van der Waals surface area contributed by atoms with Gasteiger partial charge >= 0.3 is 6.01 Å². The Kier molecular flexibility index (Phi) is 6.85. The van der Waals surface area contributed by atoms with Gasteiger partial charge in [0.2, 0.25) is 0 Å². The van der Waals surface area contributed by atoms with Crippen LogP contribution in [0.2, 0.25) is 0 Å². The zero-order valence-corrected chi connectivity index (χ0v) is 17.2. The molecule has 1 amide bonds. The van der Waals surface area contributed by atoms with Crippen molar-refractivity contribution in [3.63, 3.8) is 0 Å². The first-order valence-electron chi connectivity index (χ1n) is 9.95. The van der Waals surface area contributed by atoms with Crippen LogP contribution in [0.4, 0.5) is 0 Å². The number of hydrogen-bond donors (Lipinski definition) is 1. The highest BCUT2D eigenvalue weighted by Crippen LogP contribution is 2.17. The molecule has 0 fully saturated rings. The van der Waals surface area contributed by atoms with E-state index in [1.165, 1.54) is 12.5 Å². The van der Waals surface area contributed by atoms with Gasteiger partial charge < -0.3 is 9.47 Å². The molecule has 0 radical (unpaired) electrons. The molecule has 4 aromatic rings. The third-order valence-electron chi connectivity index (χ3n) is 4.37. The van der Waals surface area contributed by atoms with E-state index in [-0.39, 0.29) is 12.6 Å². The summed E-state index contributed by atoms with van der Waals surface area (Å²) < 4.78 is 12.8. The van der Waals surface area contributed by atoms with Gasteiger partial charge in [-0.3, -0.25) is 4.79 Å². The minimum atomic E-state index is -0.431. The average Bonchev–Trinajstić information content (AvgIpc) is 3.33. The van der Waals surface area contributed by atoms with Gasteiger partial charge in [0, 0.05) is 5.56 Å². The van der Waals surface area contributed by atoms with Gasteiger partial charge in [-0.25, -0.2) is 10.1 Å². The summed E-state index contributed by atoms with van der Waals surface area (Å²) in [5, 5.41) is 8.18. The predicted molar refractivity (Wildman–Crippen MR) is 120 cm³/mol. The highest BCUT2D eigenvalue weighted by molar-refractivity contribution is 5.85. The van der Waals surface area contributed by atoms with Gasteiger partial charge in [0.05, 0.1) is 11.9 Å².